The Morgan fingerprint density at radius 3 is 2.50 bits per heavy atom. The summed E-state index contributed by atoms with van der Waals surface area (Å²) in [7, 11) is -3.03. The standard InChI is InChI=1S/C11H21ClO3S/c1-11(2,3)16(13,14)7-5-9-8-15-6-4-10(9)12/h9-10H,4-8H2,1-3H3. The molecule has 1 heterocycles. The van der Waals surface area contributed by atoms with Crippen LogP contribution in [0.1, 0.15) is 33.6 Å². The number of alkyl halides is 1. The summed E-state index contributed by atoms with van der Waals surface area (Å²) in [6, 6.07) is 0. The molecule has 1 rings (SSSR count). The van der Waals surface area contributed by atoms with Crippen molar-refractivity contribution in [3.63, 3.8) is 0 Å². The van der Waals surface area contributed by atoms with Crippen molar-refractivity contribution in [1.29, 1.82) is 0 Å². The smallest absolute Gasteiger partial charge is 0.155 e. The second kappa shape index (κ2) is 5.23. The summed E-state index contributed by atoms with van der Waals surface area (Å²) >= 11 is 6.15. The maximum atomic E-state index is 11.9. The molecule has 1 saturated heterocycles. The summed E-state index contributed by atoms with van der Waals surface area (Å²) in [5.74, 6) is 0.376. The third kappa shape index (κ3) is 3.60. The van der Waals surface area contributed by atoms with Crippen LogP contribution in [0.15, 0.2) is 0 Å². The largest absolute Gasteiger partial charge is 0.381 e. The van der Waals surface area contributed by atoms with Crippen molar-refractivity contribution in [1.82, 2.24) is 0 Å². The van der Waals surface area contributed by atoms with Crippen molar-refractivity contribution in [2.45, 2.75) is 43.7 Å². The summed E-state index contributed by atoms with van der Waals surface area (Å²) in [6.07, 6.45) is 1.43. The van der Waals surface area contributed by atoms with Gasteiger partial charge in [0.15, 0.2) is 9.84 Å². The lowest BCUT2D eigenvalue weighted by Gasteiger charge is -2.28. The van der Waals surface area contributed by atoms with Crippen LogP contribution in [0.3, 0.4) is 0 Å². The van der Waals surface area contributed by atoms with E-state index in [1.807, 2.05) is 0 Å². The fraction of sp³-hybridized carbons (Fsp3) is 1.00. The highest BCUT2D eigenvalue weighted by molar-refractivity contribution is 7.92. The van der Waals surface area contributed by atoms with Crippen LogP contribution in [0.5, 0.6) is 0 Å². The predicted octanol–water partition coefficient (Wildman–Crippen LogP) is 2.23. The first kappa shape index (κ1) is 14.3. The van der Waals surface area contributed by atoms with Crippen molar-refractivity contribution in [2.75, 3.05) is 19.0 Å². The van der Waals surface area contributed by atoms with Crippen LogP contribution in [0.4, 0.5) is 0 Å². The monoisotopic (exact) mass is 268 g/mol. The number of halogens is 1. The molecule has 0 aromatic rings. The minimum atomic E-state index is -3.03. The van der Waals surface area contributed by atoms with Crippen LogP contribution in [-0.2, 0) is 14.6 Å². The second-order valence-corrected chi connectivity index (χ2v) is 8.78. The first-order chi connectivity index (χ1) is 7.24. The van der Waals surface area contributed by atoms with E-state index < -0.39 is 14.6 Å². The Morgan fingerprint density at radius 1 is 1.38 bits per heavy atom. The maximum absolute atomic E-state index is 11.9. The minimum absolute atomic E-state index is 0.0592. The molecule has 0 amide bonds. The van der Waals surface area contributed by atoms with Gasteiger partial charge in [-0.2, -0.15) is 0 Å². The van der Waals surface area contributed by atoms with Gasteiger partial charge in [-0.25, -0.2) is 8.42 Å². The van der Waals surface area contributed by atoms with E-state index in [0.29, 0.717) is 19.6 Å². The summed E-state index contributed by atoms with van der Waals surface area (Å²) in [4.78, 5) is 0. The number of ether oxygens (including phenoxy) is 1. The molecule has 1 fully saturated rings. The lowest BCUT2D eigenvalue weighted by atomic mass is 9.99. The topological polar surface area (TPSA) is 43.4 Å². The fourth-order valence-electron chi connectivity index (χ4n) is 1.65. The molecule has 0 aromatic carbocycles. The number of sulfone groups is 1. The van der Waals surface area contributed by atoms with Crippen LogP contribution in [0.25, 0.3) is 0 Å². The van der Waals surface area contributed by atoms with Gasteiger partial charge in [0.2, 0.25) is 0 Å². The Labute approximate surface area is 103 Å². The third-order valence-corrected chi connectivity index (χ3v) is 6.29. The fourth-order valence-corrected chi connectivity index (χ4v) is 3.16. The summed E-state index contributed by atoms with van der Waals surface area (Å²) < 4.78 is 28.5. The first-order valence-electron chi connectivity index (χ1n) is 5.68. The lowest BCUT2D eigenvalue weighted by molar-refractivity contribution is 0.0566. The van der Waals surface area contributed by atoms with Gasteiger partial charge in [0.25, 0.3) is 0 Å². The molecule has 2 unspecified atom stereocenters. The Morgan fingerprint density at radius 2 is 2.00 bits per heavy atom. The van der Waals surface area contributed by atoms with Gasteiger partial charge in [0.1, 0.15) is 0 Å². The van der Waals surface area contributed by atoms with Crippen molar-refractivity contribution >= 4 is 21.4 Å². The molecular formula is C11H21ClO3S. The molecule has 0 radical (unpaired) electrons. The zero-order valence-corrected chi connectivity index (χ0v) is 11.8. The van der Waals surface area contributed by atoms with Gasteiger partial charge >= 0.3 is 0 Å². The quantitative estimate of drug-likeness (QED) is 0.738. The van der Waals surface area contributed by atoms with E-state index in [1.165, 1.54) is 0 Å². The molecule has 96 valence electrons. The van der Waals surface area contributed by atoms with Gasteiger partial charge in [-0.1, -0.05) is 0 Å². The van der Waals surface area contributed by atoms with E-state index >= 15 is 0 Å². The first-order valence-corrected chi connectivity index (χ1v) is 7.77. The van der Waals surface area contributed by atoms with E-state index in [1.54, 1.807) is 20.8 Å². The number of rotatable bonds is 3. The molecule has 0 N–H and O–H groups in total. The molecule has 0 spiro atoms. The van der Waals surface area contributed by atoms with Gasteiger partial charge in [-0.05, 0) is 39.5 Å². The normalized spacial score (nSPS) is 28.0. The van der Waals surface area contributed by atoms with Crippen molar-refractivity contribution in [2.24, 2.45) is 5.92 Å². The summed E-state index contributed by atoms with van der Waals surface area (Å²) in [5.41, 5.74) is 0. The average molecular weight is 269 g/mol. The molecule has 2 atom stereocenters. The van der Waals surface area contributed by atoms with E-state index in [-0.39, 0.29) is 17.0 Å². The molecule has 0 aromatic heterocycles. The van der Waals surface area contributed by atoms with E-state index in [9.17, 15) is 8.42 Å². The summed E-state index contributed by atoms with van der Waals surface area (Å²) in [5, 5.41) is 0.0592. The molecule has 0 bridgehead atoms. The maximum Gasteiger partial charge on any atom is 0.155 e. The zero-order chi connectivity index (χ0) is 12.4. The van der Waals surface area contributed by atoms with Crippen molar-refractivity contribution < 1.29 is 13.2 Å². The number of hydrogen-bond acceptors (Lipinski definition) is 3. The predicted molar refractivity (Wildman–Crippen MR) is 66.7 cm³/mol. The van der Waals surface area contributed by atoms with Crippen LogP contribution in [0.2, 0.25) is 0 Å². The Bertz CT molecular complexity index is 319. The number of hydrogen-bond donors (Lipinski definition) is 0. The highest BCUT2D eigenvalue weighted by Gasteiger charge is 2.31. The molecule has 3 nitrogen and oxygen atoms in total. The molecular weight excluding hydrogens is 248 g/mol. The zero-order valence-electron chi connectivity index (χ0n) is 10.2. The lowest BCUT2D eigenvalue weighted by Crippen LogP contribution is -2.34. The van der Waals surface area contributed by atoms with E-state index in [0.717, 1.165) is 6.42 Å². The third-order valence-electron chi connectivity index (χ3n) is 3.07. The second-order valence-electron chi connectivity index (χ2n) is 5.36. The van der Waals surface area contributed by atoms with Crippen LogP contribution < -0.4 is 0 Å². The van der Waals surface area contributed by atoms with Gasteiger partial charge in [0.05, 0.1) is 17.1 Å². The Kier molecular flexibility index (Phi) is 4.66. The molecule has 0 saturated carbocycles. The summed E-state index contributed by atoms with van der Waals surface area (Å²) in [6.45, 7) is 6.48. The van der Waals surface area contributed by atoms with Crippen LogP contribution >= 0.6 is 11.6 Å². The van der Waals surface area contributed by atoms with Crippen LogP contribution in [0, 0.1) is 5.92 Å². The molecule has 0 aliphatic carbocycles. The van der Waals surface area contributed by atoms with Gasteiger partial charge in [-0.3, -0.25) is 0 Å². The Hall–Kier alpha value is 0.200. The highest BCUT2D eigenvalue weighted by atomic mass is 35.5. The van der Waals surface area contributed by atoms with Gasteiger partial charge in [-0.15, -0.1) is 11.6 Å². The molecule has 5 heteroatoms. The van der Waals surface area contributed by atoms with Crippen LogP contribution in [-0.4, -0.2) is 37.5 Å². The molecule has 1 aliphatic rings. The molecule has 16 heavy (non-hydrogen) atoms. The van der Waals surface area contributed by atoms with Gasteiger partial charge < -0.3 is 4.74 Å². The van der Waals surface area contributed by atoms with Crippen molar-refractivity contribution in [3.8, 4) is 0 Å². The highest BCUT2D eigenvalue weighted by Crippen LogP contribution is 2.26. The molecule has 1 aliphatic heterocycles. The minimum Gasteiger partial charge on any atom is -0.381 e. The van der Waals surface area contributed by atoms with Crippen molar-refractivity contribution in [3.05, 3.63) is 0 Å². The average Bonchev–Trinajstić information content (AvgIpc) is 2.15. The SMILES string of the molecule is CC(C)(C)S(=O)(=O)CCC1COCCC1Cl. The van der Waals surface area contributed by atoms with E-state index in [4.69, 9.17) is 16.3 Å². The van der Waals surface area contributed by atoms with Gasteiger partial charge in [0, 0.05) is 12.0 Å². The van der Waals surface area contributed by atoms with E-state index in [2.05, 4.69) is 0 Å². The Balaban J connectivity index is 2.51.